The van der Waals surface area contributed by atoms with Crippen molar-refractivity contribution in [3.63, 3.8) is 0 Å². The van der Waals surface area contributed by atoms with Gasteiger partial charge in [-0.15, -0.1) is 0 Å². The van der Waals surface area contributed by atoms with Gasteiger partial charge in [-0.2, -0.15) is 0 Å². The minimum absolute atomic E-state index is 0.147. The molecule has 1 saturated carbocycles. The molecular weight excluding hydrogens is 332 g/mol. The van der Waals surface area contributed by atoms with Crippen LogP contribution in [0.2, 0.25) is 0 Å². The topological polar surface area (TPSA) is 171 Å². The molecule has 25 heavy (non-hydrogen) atoms. The van der Waals surface area contributed by atoms with E-state index in [4.69, 9.17) is 16.2 Å². The van der Waals surface area contributed by atoms with Crippen LogP contribution >= 0.6 is 0 Å². The van der Waals surface area contributed by atoms with E-state index in [2.05, 4.69) is 9.97 Å². The molecule has 1 aromatic heterocycles. The Labute approximate surface area is 142 Å². The number of aromatic nitrogens is 2. The van der Waals surface area contributed by atoms with Gasteiger partial charge in [-0.3, -0.25) is 4.79 Å². The first-order valence-corrected chi connectivity index (χ1v) is 7.98. The standard InChI is InChI=1S/C14H20N6O5/c15-10-7-11(18-4-17-10)19(5-20(7)14(1-2-14)13(16)24)12-9(23)8(22)6(3-21)25-12/h4,6,8-9,12,21-23H,1-3,5H2,(H2,16,24)(H2,15,17,18)/t6-,8?,9?,12-/m1/s1. The highest BCUT2D eigenvalue weighted by atomic mass is 16.6. The normalized spacial score (nSPS) is 32.8. The number of nitrogens with zero attached hydrogens (tertiary/aromatic N) is 4. The summed E-state index contributed by atoms with van der Waals surface area (Å²) in [6.07, 6.45) is -1.92. The monoisotopic (exact) mass is 352 g/mol. The van der Waals surface area contributed by atoms with Gasteiger partial charge in [0.25, 0.3) is 0 Å². The number of hydrogen-bond acceptors (Lipinski definition) is 10. The predicted molar refractivity (Wildman–Crippen MR) is 85.2 cm³/mol. The number of amides is 1. The molecule has 11 heteroatoms. The third-order valence-electron chi connectivity index (χ3n) is 5.19. The van der Waals surface area contributed by atoms with E-state index in [1.807, 2.05) is 0 Å². The maximum Gasteiger partial charge on any atom is 0.243 e. The maximum atomic E-state index is 12.0. The van der Waals surface area contributed by atoms with Crippen molar-refractivity contribution in [2.24, 2.45) is 5.73 Å². The number of fused-ring (bicyclic) bond motifs is 1. The van der Waals surface area contributed by atoms with E-state index in [1.165, 1.54) is 6.33 Å². The van der Waals surface area contributed by atoms with Crippen LogP contribution in [0.1, 0.15) is 12.8 Å². The van der Waals surface area contributed by atoms with Gasteiger partial charge in [-0.1, -0.05) is 0 Å². The lowest BCUT2D eigenvalue weighted by Crippen LogP contribution is -2.52. The van der Waals surface area contributed by atoms with Crippen LogP contribution in [0.25, 0.3) is 0 Å². The smallest absolute Gasteiger partial charge is 0.243 e. The maximum absolute atomic E-state index is 12.0. The largest absolute Gasteiger partial charge is 0.394 e. The second-order valence-electron chi connectivity index (χ2n) is 6.60. The van der Waals surface area contributed by atoms with Gasteiger partial charge in [0.2, 0.25) is 5.91 Å². The van der Waals surface area contributed by atoms with E-state index >= 15 is 0 Å². The first-order valence-electron chi connectivity index (χ1n) is 7.98. The zero-order valence-electron chi connectivity index (χ0n) is 13.3. The van der Waals surface area contributed by atoms with Crippen molar-refractivity contribution in [3.8, 4) is 0 Å². The summed E-state index contributed by atoms with van der Waals surface area (Å²) in [6, 6.07) is 0. The van der Waals surface area contributed by atoms with E-state index in [0.29, 0.717) is 24.3 Å². The Bertz CT molecular complexity index is 713. The van der Waals surface area contributed by atoms with Gasteiger partial charge in [-0.05, 0) is 12.8 Å². The lowest BCUT2D eigenvalue weighted by molar-refractivity contribution is -0.120. The Morgan fingerprint density at radius 3 is 2.64 bits per heavy atom. The summed E-state index contributed by atoms with van der Waals surface area (Å²) in [5, 5.41) is 29.6. The molecule has 11 nitrogen and oxygen atoms in total. The second kappa shape index (κ2) is 5.39. The van der Waals surface area contributed by atoms with Crippen LogP contribution in [-0.2, 0) is 9.53 Å². The van der Waals surface area contributed by atoms with Gasteiger partial charge in [-0.25, -0.2) is 9.97 Å². The molecule has 7 N–H and O–H groups in total. The summed E-state index contributed by atoms with van der Waals surface area (Å²) in [5.74, 6) is 0.103. The molecule has 2 unspecified atom stereocenters. The number of nitrogen functional groups attached to an aromatic ring is 1. The molecule has 1 aromatic rings. The summed E-state index contributed by atoms with van der Waals surface area (Å²) in [6.45, 7) is -0.288. The number of nitrogens with two attached hydrogens (primary N) is 2. The summed E-state index contributed by atoms with van der Waals surface area (Å²) in [5.41, 5.74) is 11.2. The van der Waals surface area contributed by atoms with Crippen LogP contribution in [0, 0.1) is 0 Å². The fourth-order valence-electron chi connectivity index (χ4n) is 3.60. The molecule has 1 saturated heterocycles. The molecule has 4 rings (SSSR count). The number of aliphatic hydroxyl groups is 3. The van der Waals surface area contributed by atoms with Crippen molar-refractivity contribution >= 4 is 23.2 Å². The van der Waals surface area contributed by atoms with E-state index < -0.39 is 42.6 Å². The number of aliphatic hydroxyl groups excluding tert-OH is 3. The van der Waals surface area contributed by atoms with Crippen molar-refractivity contribution in [1.29, 1.82) is 0 Å². The third kappa shape index (κ3) is 2.16. The van der Waals surface area contributed by atoms with Crippen LogP contribution in [0.5, 0.6) is 0 Å². The van der Waals surface area contributed by atoms with Crippen LogP contribution in [0.4, 0.5) is 17.3 Å². The number of ether oxygens (including phenoxy) is 1. The molecular formula is C14H20N6O5. The molecule has 0 aromatic carbocycles. The molecule has 2 fully saturated rings. The van der Waals surface area contributed by atoms with Crippen molar-refractivity contribution in [2.75, 3.05) is 28.8 Å². The fraction of sp³-hybridized carbons (Fsp3) is 0.643. The second-order valence-corrected chi connectivity index (χ2v) is 6.60. The summed E-state index contributed by atoms with van der Waals surface area (Å²) in [4.78, 5) is 23.5. The number of hydrogen-bond donors (Lipinski definition) is 5. The van der Waals surface area contributed by atoms with E-state index in [1.54, 1.807) is 9.80 Å². The first-order chi connectivity index (χ1) is 11.9. The quantitative estimate of drug-likeness (QED) is 0.378. The first kappa shape index (κ1) is 16.3. The molecule has 1 amide bonds. The molecule has 3 heterocycles. The van der Waals surface area contributed by atoms with Gasteiger partial charge in [0.15, 0.2) is 17.9 Å². The summed E-state index contributed by atoms with van der Waals surface area (Å²) >= 11 is 0. The number of primary amides is 1. The molecule has 2 aliphatic heterocycles. The van der Waals surface area contributed by atoms with Crippen LogP contribution in [0.15, 0.2) is 6.33 Å². The number of anilines is 3. The lowest BCUT2D eigenvalue weighted by atomic mass is 10.1. The average Bonchev–Trinajstić information content (AvgIpc) is 3.24. The zero-order valence-corrected chi connectivity index (χ0v) is 13.3. The Kier molecular flexibility index (Phi) is 3.51. The fourth-order valence-corrected chi connectivity index (χ4v) is 3.60. The predicted octanol–water partition coefficient (Wildman–Crippen LogP) is -2.90. The van der Waals surface area contributed by atoms with Crippen LogP contribution in [-0.4, -0.2) is 74.5 Å². The van der Waals surface area contributed by atoms with Gasteiger partial charge in [0.05, 0.1) is 13.3 Å². The Hall–Kier alpha value is -2.21. The highest BCUT2D eigenvalue weighted by molar-refractivity contribution is 5.96. The van der Waals surface area contributed by atoms with Crippen LogP contribution < -0.4 is 21.3 Å². The highest BCUT2D eigenvalue weighted by Crippen LogP contribution is 2.51. The van der Waals surface area contributed by atoms with E-state index in [-0.39, 0.29) is 12.5 Å². The summed E-state index contributed by atoms with van der Waals surface area (Å²) < 4.78 is 5.59. The molecule has 0 spiro atoms. The summed E-state index contributed by atoms with van der Waals surface area (Å²) in [7, 11) is 0. The molecule has 3 aliphatic rings. The molecule has 4 atom stereocenters. The van der Waals surface area contributed by atoms with Gasteiger partial charge in [0.1, 0.15) is 35.9 Å². The Balaban J connectivity index is 1.73. The SMILES string of the molecule is NC(=O)C1(N2CN([C@@H]3O[C@H](CO)C(O)C3O)c3ncnc(N)c32)CC1. The van der Waals surface area contributed by atoms with Crippen LogP contribution in [0.3, 0.4) is 0 Å². The molecule has 0 radical (unpaired) electrons. The number of carbonyl (C=O) groups is 1. The number of rotatable bonds is 4. The van der Waals surface area contributed by atoms with E-state index in [0.717, 1.165) is 0 Å². The minimum Gasteiger partial charge on any atom is -0.394 e. The lowest BCUT2D eigenvalue weighted by Gasteiger charge is -2.31. The van der Waals surface area contributed by atoms with Crippen molar-refractivity contribution < 1.29 is 24.9 Å². The zero-order chi connectivity index (χ0) is 17.9. The minimum atomic E-state index is -1.26. The van der Waals surface area contributed by atoms with Crippen molar-refractivity contribution in [1.82, 2.24) is 9.97 Å². The molecule has 0 bridgehead atoms. The van der Waals surface area contributed by atoms with Gasteiger partial charge >= 0.3 is 0 Å². The molecule has 136 valence electrons. The van der Waals surface area contributed by atoms with Crippen molar-refractivity contribution in [3.05, 3.63) is 6.33 Å². The van der Waals surface area contributed by atoms with Gasteiger partial charge < -0.3 is 41.3 Å². The number of carbonyl (C=O) groups excluding carboxylic acids is 1. The van der Waals surface area contributed by atoms with Crippen molar-refractivity contribution in [2.45, 2.75) is 42.9 Å². The Morgan fingerprint density at radius 1 is 1.36 bits per heavy atom. The Morgan fingerprint density at radius 2 is 2.08 bits per heavy atom. The highest BCUT2D eigenvalue weighted by Gasteiger charge is 2.59. The van der Waals surface area contributed by atoms with E-state index in [9.17, 15) is 20.1 Å². The average molecular weight is 352 g/mol. The third-order valence-corrected chi connectivity index (χ3v) is 5.19. The molecule has 1 aliphatic carbocycles. The van der Waals surface area contributed by atoms with Gasteiger partial charge in [0, 0.05) is 0 Å².